The molecule has 0 bridgehead atoms. The molecule has 0 saturated heterocycles. The van der Waals surface area contributed by atoms with Gasteiger partial charge in [0.1, 0.15) is 0 Å². The molecule has 0 fully saturated rings. The van der Waals surface area contributed by atoms with Crippen LogP contribution in [0, 0.1) is 29.8 Å². The van der Waals surface area contributed by atoms with Crippen LogP contribution in [0.5, 0.6) is 0 Å². The zero-order valence-electron chi connectivity index (χ0n) is 16.8. The Morgan fingerprint density at radius 3 is 2.45 bits per heavy atom. The van der Waals surface area contributed by atoms with Gasteiger partial charge in [-0.05, 0) is 37.6 Å². The number of benzene rings is 3. The number of pyridine rings is 1. The van der Waals surface area contributed by atoms with Crippen LogP contribution < -0.4 is 5.32 Å². The quantitative estimate of drug-likeness (QED) is 0.336. The van der Waals surface area contributed by atoms with Crippen molar-refractivity contribution in [2.24, 2.45) is 0 Å². The van der Waals surface area contributed by atoms with Crippen molar-refractivity contribution >= 4 is 28.2 Å². The number of fused-ring (bicyclic) bond motifs is 1. The van der Waals surface area contributed by atoms with Crippen molar-refractivity contribution in [1.82, 2.24) is 4.98 Å². The fourth-order valence-electron chi connectivity index (χ4n) is 3.52. The van der Waals surface area contributed by atoms with Crippen molar-refractivity contribution in [2.75, 3.05) is 5.32 Å². The Morgan fingerprint density at radius 2 is 1.74 bits per heavy atom. The molecule has 31 heavy (non-hydrogen) atoms. The SMILES string of the molecule is Cc1ccc(-c2nc3ccccc3c(C(=O)Nc3ccc(F)c([N+](=O)[O-])c3)c2C)cc1. The molecule has 0 aliphatic heterocycles. The maximum Gasteiger partial charge on any atom is 0.306 e. The van der Waals surface area contributed by atoms with Crippen LogP contribution in [0.4, 0.5) is 15.8 Å². The van der Waals surface area contributed by atoms with Gasteiger partial charge in [-0.1, -0.05) is 48.0 Å². The first-order valence-corrected chi connectivity index (χ1v) is 9.57. The van der Waals surface area contributed by atoms with E-state index in [0.717, 1.165) is 23.3 Å². The Hall–Kier alpha value is -4.13. The number of nitro benzene ring substituents is 1. The number of aryl methyl sites for hydroxylation is 1. The van der Waals surface area contributed by atoms with E-state index in [4.69, 9.17) is 4.98 Å². The number of nitrogens with one attached hydrogen (secondary N) is 1. The summed E-state index contributed by atoms with van der Waals surface area (Å²) in [5.74, 6) is -1.42. The molecule has 0 saturated carbocycles. The Kier molecular flexibility index (Phi) is 5.17. The molecule has 4 rings (SSSR count). The van der Waals surface area contributed by atoms with Gasteiger partial charge in [0.15, 0.2) is 0 Å². The van der Waals surface area contributed by atoms with Crippen molar-refractivity contribution in [1.29, 1.82) is 0 Å². The third-order valence-electron chi connectivity index (χ3n) is 5.09. The van der Waals surface area contributed by atoms with Gasteiger partial charge in [-0.2, -0.15) is 4.39 Å². The third-order valence-corrected chi connectivity index (χ3v) is 5.09. The molecular weight excluding hydrogens is 397 g/mol. The van der Waals surface area contributed by atoms with Gasteiger partial charge in [-0.25, -0.2) is 4.98 Å². The number of hydrogen-bond acceptors (Lipinski definition) is 4. The second kappa shape index (κ2) is 7.95. The van der Waals surface area contributed by atoms with E-state index in [-0.39, 0.29) is 5.69 Å². The number of rotatable bonds is 4. The molecule has 0 atom stereocenters. The Balaban J connectivity index is 1.83. The van der Waals surface area contributed by atoms with Crippen LogP contribution in [-0.2, 0) is 0 Å². The predicted molar refractivity (Wildman–Crippen MR) is 118 cm³/mol. The average Bonchev–Trinajstić information content (AvgIpc) is 2.75. The van der Waals surface area contributed by atoms with Crippen molar-refractivity contribution in [3.63, 3.8) is 0 Å². The van der Waals surface area contributed by atoms with E-state index in [1.54, 1.807) is 6.07 Å². The molecule has 1 heterocycles. The first kappa shape index (κ1) is 20.2. The highest BCUT2D eigenvalue weighted by Gasteiger charge is 2.21. The monoisotopic (exact) mass is 415 g/mol. The minimum Gasteiger partial charge on any atom is -0.322 e. The summed E-state index contributed by atoms with van der Waals surface area (Å²) in [5.41, 5.74) is 3.83. The maximum absolute atomic E-state index is 13.7. The number of aromatic nitrogens is 1. The number of hydrogen-bond donors (Lipinski definition) is 1. The zero-order chi connectivity index (χ0) is 22.1. The molecule has 6 nitrogen and oxygen atoms in total. The molecule has 1 N–H and O–H groups in total. The molecule has 154 valence electrons. The number of carbonyl (C=O) groups excluding carboxylic acids is 1. The fourth-order valence-corrected chi connectivity index (χ4v) is 3.52. The van der Waals surface area contributed by atoms with Crippen LogP contribution in [0.15, 0.2) is 66.7 Å². The van der Waals surface area contributed by atoms with Crippen LogP contribution in [0.1, 0.15) is 21.5 Å². The van der Waals surface area contributed by atoms with Gasteiger partial charge in [0, 0.05) is 22.7 Å². The molecule has 4 aromatic rings. The average molecular weight is 415 g/mol. The van der Waals surface area contributed by atoms with Crippen LogP contribution in [0.25, 0.3) is 22.2 Å². The van der Waals surface area contributed by atoms with Gasteiger partial charge in [0.05, 0.1) is 21.7 Å². The fraction of sp³-hybridized carbons (Fsp3) is 0.0833. The first-order valence-electron chi connectivity index (χ1n) is 9.57. The zero-order valence-corrected chi connectivity index (χ0v) is 16.8. The molecule has 0 spiro atoms. The summed E-state index contributed by atoms with van der Waals surface area (Å²) in [6.07, 6.45) is 0. The summed E-state index contributed by atoms with van der Waals surface area (Å²) in [5, 5.41) is 14.3. The van der Waals surface area contributed by atoms with Crippen molar-refractivity contribution < 1.29 is 14.1 Å². The minimum atomic E-state index is -0.963. The van der Waals surface area contributed by atoms with Crippen LogP contribution >= 0.6 is 0 Å². The highest BCUT2D eigenvalue weighted by Crippen LogP contribution is 2.31. The van der Waals surface area contributed by atoms with Gasteiger partial charge in [0.25, 0.3) is 5.91 Å². The number of amides is 1. The van der Waals surface area contributed by atoms with E-state index in [2.05, 4.69) is 5.32 Å². The summed E-state index contributed by atoms with van der Waals surface area (Å²) >= 11 is 0. The van der Waals surface area contributed by atoms with E-state index in [9.17, 15) is 19.3 Å². The van der Waals surface area contributed by atoms with Gasteiger partial charge < -0.3 is 5.32 Å². The molecule has 3 aromatic carbocycles. The van der Waals surface area contributed by atoms with Crippen molar-refractivity contribution in [3.8, 4) is 11.3 Å². The summed E-state index contributed by atoms with van der Waals surface area (Å²) in [4.78, 5) is 28.2. The number of nitrogens with zero attached hydrogens (tertiary/aromatic N) is 2. The summed E-state index contributed by atoms with van der Waals surface area (Å²) in [7, 11) is 0. The van der Waals surface area contributed by atoms with Crippen LogP contribution in [-0.4, -0.2) is 15.8 Å². The molecule has 0 aliphatic carbocycles. The van der Waals surface area contributed by atoms with E-state index < -0.39 is 22.3 Å². The van der Waals surface area contributed by atoms with E-state index in [1.807, 2.05) is 56.3 Å². The van der Waals surface area contributed by atoms with Gasteiger partial charge in [-0.15, -0.1) is 0 Å². The lowest BCUT2D eigenvalue weighted by atomic mass is 9.96. The maximum atomic E-state index is 13.7. The van der Waals surface area contributed by atoms with Crippen molar-refractivity contribution in [2.45, 2.75) is 13.8 Å². The van der Waals surface area contributed by atoms with E-state index in [0.29, 0.717) is 27.7 Å². The van der Waals surface area contributed by atoms with Crippen LogP contribution in [0.3, 0.4) is 0 Å². The second-order valence-electron chi connectivity index (χ2n) is 7.22. The normalized spacial score (nSPS) is 10.8. The van der Waals surface area contributed by atoms with Crippen LogP contribution in [0.2, 0.25) is 0 Å². The van der Waals surface area contributed by atoms with Gasteiger partial charge >= 0.3 is 5.69 Å². The predicted octanol–water partition coefficient (Wildman–Crippen LogP) is 5.82. The number of anilines is 1. The summed E-state index contributed by atoms with van der Waals surface area (Å²) in [6.45, 7) is 3.81. The number of nitro groups is 1. The largest absolute Gasteiger partial charge is 0.322 e. The molecule has 0 aliphatic rings. The molecule has 7 heteroatoms. The molecule has 1 amide bonds. The molecular formula is C24H18FN3O3. The molecule has 1 aromatic heterocycles. The lowest BCUT2D eigenvalue weighted by molar-refractivity contribution is -0.387. The Labute approximate surface area is 177 Å². The molecule has 0 radical (unpaired) electrons. The lowest BCUT2D eigenvalue weighted by Crippen LogP contribution is -2.15. The van der Waals surface area contributed by atoms with E-state index >= 15 is 0 Å². The summed E-state index contributed by atoms with van der Waals surface area (Å²) in [6, 6.07) is 18.4. The van der Waals surface area contributed by atoms with Gasteiger partial charge in [-0.3, -0.25) is 14.9 Å². The standard InChI is InChI=1S/C24H18FN3O3/c1-14-7-9-16(10-8-14)23-15(2)22(18-5-3-4-6-20(18)27-23)24(29)26-17-11-12-19(25)21(13-17)28(30)31/h3-13H,1-2H3,(H,26,29). The summed E-state index contributed by atoms with van der Waals surface area (Å²) < 4.78 is 13.7. The lowest BCUT2D eigenvalue weighted by Gasteiger charge is -2.15. The van der Waals surface area contributed by atoms with E-state index in [1.165, 1.54) is 6.07 Å². The Morgan fingerprint density at radius 1 is 1.03 bits per heavy atom. The highest BCUT2D eigenvalue weighted by molar-refractivity contribution is 6.14. The first-order chi connectivity index (χ1) is 14.8. The smallest absolute Gasteiger partial charge is 0.306 e. The number of halogens is 1. The topological polar surface area (TPSA) is 85.1 Å². The minimum absolute atomic E-state index is 0.135. The Bertz CT molecular complexity index is 1330. The molecule has 0 unspecified atom stereocenters. The number of para-hydroxylation sites is 1. The highest BCUT2D eigenvalue weighted by atomic mass is 19.1. The van der Waals surface area contributed by atoms with Gasteiger partial charge in [0.2, 0.25) is 5.82 Å². The number of carbonyl (C=O) groups is 1. The van der Waals surface area contributed by atoms with Crippen molar-refractivity contribution in [3.05, 3.63) is 99.4 Å². The second-order valence-corrected chi connectivity index (χ2v) is 7.22. The third kappa shape index (κ3) is 3.85.